The van der Waals surface area contributed by atoms with E-state index in [0.717, 1.165) is 25.7 Å². The largest absolute Gasteiger partial charge is 0.349 e. The smallest absolute Gasteiger partial charge is 0.264 e. The lowest BCUT2D eigenvalue weighted by Gasteiger charge is -2.23. The van der Waals surface area contributed by atoms with Crippen molar-refractivity contribution in [1.82, 2.24) is 5.32 Å². The van der Waals surface area contributed by atoms with E-state index in [1.54, 1.807) is 24.3 Å². The SMILES string of the molecule is CN(c1cccc(C(=O)NC2CCCCC2)c1)S(=O)(=O)c1ccc(Cl)cc1. The first-order chi connectivity index (χ1) is 12.9. The van der Waals surface area contributed by atoms with Crippen LogP contribution in [0, 0.1) is 0 Å². The number of nitrogens with one attached hydrogen (secondary N) is 1. The maximum atomic E-state index is 12.8. The van der Waals surface area contributed by atoms with Crippen molar-refractivity contribution in [3.8, 4) is 0 Å². The van der Waals surface area contributed by atoms with Gasteiger partial charge in [-0.25, -0.2) is 8.42 Å². The molecule has 2 aromatic rings. The molecule has 1 saturated carbocycles. The molecule has 0 atom stereocenters. The zero-order valence-corrected chi connectivity index (χ0v) is 16.8. The Morgan fingerprint density at radius 3 is 2.41 bits per heavy atom. The number of carbonyl (C=O) groups is 1. The number of sulfonamides is 1. The van der Waals surface area contributed by atoms with E-state index in [0.29, 0.717) is 16.3 Å². The van der Waals surface area contributed by atoms with Crippen LogP contribution < -0.4 is 9.62 Å². The molecule has 0 unspecified atom stereocenters. The van der Waals surface area contributed by atoms with Gasteiger partial charge in [0.25, 0.3) is 15.9 Å². The summed E-state index contributed by atoms with van der Waals surface area (Å²) in [6.07, 6.45) is 5.47. The van der Waals surface area contributed by atoms with Gasteiger partial charge in [-0.05, 0) is 55.3 Å². The zero-order valence-electron chi connectivity index (χ0n) is 15.2. The third-order valence-electron chi connectivity index (χ3n) is 4.88. The van der Waals surface area contributed by atoms with E-state index in [4.69, 9.17) is 11.6 Å². The molecule has 0 bridgehead atoms. The van der Waals surface area contributed by atoms with Crippen molar-refractivity contribution < 1.29 is 13.2 Å². The molecular formula is C20H23ClN2O3S. The molecule has 0 radical (unpaired) electrons. The summed E-state index contributed by atoms with van der Waals surface area (Å²) in [5, 5.41) is 3.53. The lowest BCUT2D eigenvalue weighted by atomic mass is 9.95. The quantitative estimate of drug-likeness (QED) is 0.808. The number of hydrogen-bond acceptors (Lipinski definition) is 3. The molecule has 0 aromatic heterocycles. The van der Waals surface area contributed by atoms with Gasteiger partial charge in [-0.3, -0.25) is 9.10 Å². The maximum Gasteiger partial charge on any atom is 0.264 e. The Labute approximate surface area is 165 Å². The Bertz CT molecular complexity index is 907. The van der Waals surface area contributed by atoms with Gasteiger partial charge in [-0.2, -0.15) is 0 Å². The number of amides is 1. The van der Waals surface area contributed by atoms with Crippen LogP contribution in [0.4, 0.5) is 5.69 Å². The highest BCUT2D eigenvalue weighted by Crippen LogP contribution is 2.24. The molecule has 27 heavy (non-hydrogen) atoms. The normalized spacial score (nSPS) is 15.3. The van der Waals surface area contributed by atoms with Gasteiger partial charge in [0.05, 0.1) is 10.6 Å². The molecule has 1 amide bonds. The molecule has 0 spiro atoms. The molecule has 5 nitrogen and oxygen atoms in total. The van der Waals surface area contributed by atoms with Gasteiger partial charge in [-0.15, -0.1) is 0 Å². The fourth-order valence-electron chi connectivity index (χ4n) is 3.26. The topological polar surface area (TPSA) is 66.5 Å². The summed E-state index contributed by atoms with van der Waals surface area (Å²) >= 11 is 5.84. The van der Waals surface area contributed by atoms with Crippen LogP contribution in [-0.4, -0.2) is 27.4 Å². The molecule has 0 heterocycles. The zero-order chi connectivity index (χ0) is 19.4. The minimum atomic E-state index is -3.74. The Morgan fingerprint density at radius 2 is 1.74 bits per heavy atom. The van der Waals surface area contributed by atoms with Crippen molar-refractivity contribution in [2.45, 2.75) is 43.0 Å². The second kappa shape index (κ2) is 8.31. The van der Waals surface area contributed by atoms with Crippen LogP contribution in [-0.2, 0) is 10.0 Å². The van der Waals surface area contributed by atoms with Crippen molar-refractivity contribution in [2.24, 2.45) is 0 Å². The summed E-state index contributed by atoms with van der Waals surface area (Å²) in [5.74, 6) is -0.166. The summed E-state index contributed by atoms with van der Waals surface area (Å²) in [4.78, 5) is 12.7. The molecule has 0 saturated heterocycles. The van der Waals surface area contributed by atoms with Crippen LogP contribution >= 0.6 is 11.6 Å². The molecule has 3 rings (SSSR count). The van der Waals surface area contributed by atoms with E-state index in [2.05, 4.69) is 5.32 Å². The van der Waals surface area contributed by atoms with Crippen molar-refractivity contribution in [3.63, 3.8) is 0 Å². The summed E-state index contributed by atoms with van der Waals surface area (Å²) in [6, 6.07) is 12.9. The molecule has 0 aliphatic heterocycles. The van der Waals surface area contributed by atoms with E-state index in [-0.39, 0.29) is 16.8 Å². The monoisotopic (exact) mass is 406 g/mol. The molecular weight excluding hydrogens is 384 g/mol. The fourth-order valence-corrected chi connectivity index (χ4v) is 4.58. The first kappa shape index (κ1) is 19.7. The molecule has 1 N–H and O–H groups in total. The molecule has 2 aromatic carbocycles. The number of carbonyl (C=O) groups excluding carboxylic acids is 1. The summed E-state index contributed by atoms with van der Waals surface area (Å²) in [7, 11) is -2.26. The number of nitrogens with zero attached hydrogens (tertiary/aromatic N) is 1. The summed E-state index contributed by atoms with van der Waals surface area (Å²) in [5.41, 5.74) is 0.887. The van der Waals surface area contributed by atoms with Gasteiger partial charge < -0.3 is 5.32 Å². The van der Waals surface area contributed by atoms with E-state index >= 15 is 0 Å². The molecule has 1 aliphatic carbocycles. The Balaban J connectivity index is 1.79. The van der Waals surface area contributed by atoms with Gasteiger partial charge in [-0.1, -0.05) is 36.9 Å². The van der Waals surface area contributed by atoms with E-state index in [9.17, 15) is 13.2 Å². The van der Waals surface area contributed by atoms with Crippen molar-refractivity contribution in [1.29, 1.82) is 0 Å². The van der Waals surface area contributed by atoms with E-state index < -0.39 is 10.0 Å². The minimum Gasteiger partial charge on any atom is -0.349 e. The standard InChI is InChI=1S/C20H23ClN2O3S/c1-23(27(25,26)19-12-10-16(21)11-13-19)18-9-5-6-15(14-18)20(24)22-17-7-3-2-4-8-17/h5-6,9-14,17H,2-4,7-8H2,1H3,(H,22,24). The predicted octanol–water partition coefficient (Wildman–Crippen LogP) is 4.23. The average Bonchev–Trinajstić information content (AvgIpc) is 2.68. The molecule has 1 fully saturated rings. The highest BCUT2D eigenvalue weighted by Gasteiger charge is 2.22. The Morgan fingerprint density at radius 1 is 1.07 bits per heavy atom. The predicted molar refractivity (Wildman–Crippen MR) is 108 cm³/mol. The van der Waals surface area contributed by atoms with E-state index in [1.165, 1.54) is 42.0 Å². The van der Waals surface area contributed by atoms with Gasteiger partial charge >= 0.3 is 0 Å². The number of rotatable bonds is 5. The molecule has 7 heteroatoms. The first-order valence-electron chi connectivity index (χ1n) is 9.03. The van der Waals surface area contributed by atoms with Crippen LogP contribution in [0.3, 0.4) is 0 Å². The fraction of sp³-hybridized carbons (Fsp3) is 0.350. The number of hydrogen-bond donors (Lipinski definition) is 1. The van der Waals surface area contributed by atoms with Crippen LogP contribution in [0.25, 0.3) is 0 Å². The van der Waals surface area contributed by atoms with Gasteiger partial charge in [0.15, 0.2) is 0 Å². The number of benzene rings is 2. The second-order valence-corrected chi connectivity index (χ2v) is 9.19. The van der Waals surface area contributed by atoms with Gasteiger partial charge in [0, 0.05) is 23.7 Å². The van der Waals surface area contributed by atoms with Crippen LogP contribution in [0.1, 0.15) is 42.5 Å². The maximum absolute atomic E-state index is 12.8. The average molecular weight is 407 g/mol. The first-order valence-corrected chi connectivity index (χ1v) is 10.8. The third-order valence-corrected chi connectivity index (χ3v) is 6.94. The lowest BCUT2D eigenvalue weighted by Crippen LogP contribution is -2.36. The highest BCUT2D eigenvalue weighted by molar-refractivity contribution is 7.92. The van der Waals surface area contributed by atoms with Gasteiger partial charge in [0.2, 0.25) is 0 Å². The van der Waals surface area contributed by atoms with Crippen LogP contribution in [0.2, 0.25) is 5.02 Å². The second-order valence-electron chi connectivity index (χ2n) is 6.79. The third kappa shape index (κ3) is 4.62. The number of anilines is 1. The highest BCUT2D eigenvalue weighted by atomic mass is 35.5. The van der Waals surface area contributed by atoms with Crippen molar-refractivity contribution >= 4 is 33.2 Å². The summed E-state index contributed by atoms with van der Waals surface area (Å²) < 4.78 is 26.8. The summed E-state index contributed by atoms with van der Waals surface area (Å²) in [6.45, 7) is 0. The Kier molecular flexibility index (Phi) is 6.07. The van der Waals surface area contributed by atoms with Crippen molar-refractivity contribution in [3.05, 3.63) is 59.1 Å². The Hall–Kier alpha value is -2.05. The van der Waals surface area contributed by atoms with Crippen molar-refractivity contribution in [2.75, 3.05) is 11.4 Å². The molecule has 144 valence electrons. The van der Waals surface area contributed by atoms with Gasteiger partial charge in [0.1, 0.15) is 0 Å². The van der Waals surface area contributed by atoms with Crippen LogP contribution in [0.15, 0.2) is 53.4 Å². The minimum absolute atomic E-state index is 0.145. The van der Waals surface area contributed by atoms with Crippen LogP contribution in [0.5, 0.6) is 0 Å². The lowest BCUT2D eigenvalue weighted by molar-refractivity contribution is 0.0927. The molecule has 1 aliphatic rings. The van der Waals surface area contributed by atoms with E-state index in [1.807, 2.05) is 0 Å². The number of halogens is 1.